The van der Waals surface area contributed by atoms with E-state index in [0.717, 1.165) is 25.7 Å². The van der Waals surface area contributed by atoms with Crippen LogP contribution in [0.3, 0.4) is 0 Å². The van der Waals surface area contributed by atoms with Crippen LogP contribution in [0.4, 0.5) is 34.1 Å². The fraction of sp³-hybridized carbons (Fsp3) is 0.392. The topological polar surface area (TPSA) is 6.48 Å². The summed E-state index contributed by atoms with van der Waals surface area (Å²) in [5, 5.41) is 0. The van der Waals surface area contributed by atoms with E-state index in [4.69, 9.17) is 0 Å². The lowest BCUT2D eigenvalue weighted by molar-refractivity contribution is 0.0763. The number of hydrogen-bond acceptors (Lipinski definition) is 2. The monoisotopic (exact) mass is 1070 g/mol. The van der Waals surface area contributed by atoms with Gasteiger partial charge in [0.1, 0.15) is 0 Å². The minimum absolute atomic E-state index is 0.0133. The minimum Gasteiger partial charge on any atom is -0.311 e. The summed E-state index contributed by atoms with van der Waals surface area (Å²) in [6, 6.07) is 57.0. The first-order valence-corrected chi connectivity index (χ1v) is 31.5. The SMILES string of the molecule is Cc1cc2c3c(c1)N(c1cc4c(cc1C)C(C)(C)CC4(C)C)c1cc4c(cc1B3c1ccc(CCC3c5ccc(C(C)(C)C)cc5C5(C)CCCCC35C)cc1N2c1ccc2c(c1)-c1ccccc1C2)C(C)(C)c1ccccc1C4(C)C. The van der Waals surface area contributed by atoms with Gasteiger partial charge in [0, 0.05) is 45.0 Å². The summed E-state index contributed by atoms with van der Waals surface area (Å²) >= 11 is 0. The van der Waals surface area contributed by atoms with Crippen molar-refractivity contribution in [1.29, 1.82) is 0 Å². The van der Waals surface area contributed by atoms with Crippen molar-refractivity contribution < 1.29 is 0 Å². The van der Waals surface area contributed by atoms with Gasteiger partial charge in [-0.05, 0) is 233 Å². The van der Waals surface area contributed by atoms with Crippen molar-refractivity contribution in [1.82, 2.24) is 0 Å². The third kappa shape index (κ3) is 7.07. The molecule has 2 nitrogen and oxygen atoms in total. The van der Waals surface area contributed by atoms with Crippen molar-refractivity contribution >= 4 is 57.2 Å². The molecule has 0 radical (unpaired) electrons. The first-order chi connectivity index (χ1) is 38.8. The van der Waals surface area contributed by atoms with Crippen LogP contribution in [0.25, 0.3) is 11.1 Å². The summed E-state index contributed by atoms with van der Waals surface area (Å²) in [6.45, 7) is 37.1. The van der Waals surface area contributed by atoms with Gasteiger partial charge in [0.2, 0.25) is 0 Å². The van der Waals surface area contributed by atoms with Crippen molar-refractivity contribution in [2.24, 2.45) is 5.41 Å². The Morgan fingerprint density at radius 3 is 1.88 bits per heavy atom. The number of rotatable bonds is 5. The van der Waals surface area contributed by atoms with Gasteiger partial charge in [0.15, 0.2) is 0 Å². The number of fused-ring (bicyclic) bond motifs is 13. The Hall–Kier alpha value is -6.58. The Morgan fingerprint density at radius 2 is 1.15 bits per heavy atom. The van der Waals surface area contributed by atoms with E-state index in [2.05, 4.69) is 253 Å². The Kier molecular flexibility index (Phi) is 10.9. The van der Waals surface area contributed by atoms with Gasteiger partial charge in [-0.1, -0.05) is 200 Å². The number of benzene rings is 8. The van der Waals surface area contributed by atoms with E-state index in [9.17, 15) is 0 Å². The van der Waals surface area contributed by atoms with E-state index in [1.165, 1.54) is 154 Å². The molecule has 8 aromatic rings. The molecule has 0 N–H and O–H groups in total. The largest absolute Gasteiger partial charge is 0.311 e. The predicted octanol–water partition coefficient (Wildman–Crippen LogP) is 18.7. The maximum Gasteiger partial charge on any atom is 0.252 e. The summed E-state index contributed by atoms with van der Waals surface area (Å²) in [7, 11) is 0. The van der Waals surface area contributed by atoms with Crippen LogP contribution in [0.2, 0.25) is 0 Å². The van der Waals surface area contributed by atoms with E-state index in [1.807, 2.05) is 0 Å². The van der Waals surface area contributed by atoms with E-state index < -0.39 is 0 Å². The molecule has 3 atom stereocenters. The Morgan fingerprint density at radius 1 is 0.512 bits per heavy atom. The van der Waals surface area contributed by atoms with Crippen molar-refractivity contribution in [2.45, 2.75) is 194 Å². The molecule has 15 rings (SSSR count). The molecule has 0 aromatic heterocycles. The average Bonchev–Trinajstić information content (AvgIpc) is 0.920. The molecular formula is C79H85BN2. The fourth-order valence-corrected chi connectivity index (χ4v) is 18.9. The number of anilines is 6. The molecule has 0 spiro atoms. The van der Waals surface area contributed by atoms with Crippen molar-refractivity contribution in [3.8, 4) is 11.1 Å². The molecular weight excluding hydrogens is 988 g/mol. The second-order valence-electron chi connectivity index (χ2n) is 30.9. The molecule has 5 aliphatic carbocycles. The molecule has 8 aromatic carbocycles. The van der Waals surface area contributed by atoms with E-state index in [0.29, 0.717) is 5.92 Å². The van der Waals surface area contributed by atoms with Crippen LogP contribution in [0, 0.1) is 19.3 Å². The highest BCUT2D eigenvalue weighted by molar-refractivity contribution is 7.00. The van der Waals surface area contributed by atoms with E-state index >= 15 is 0 Å². The quantitative estimate of drug-likeness (QED) is 0.159. The number of aryl methyl sites for hydroxylation is 3. The lowest BCUT2D eigenvalue weighted by Gasteiger charge is -2.49. The number of hydrogen-bond donors (Lipinski definition) is 0. The summed E-state index contributed by atoms with van der Waals surface area (Å²) in [5.41, 5.74) is 35.5. The van der Waals surface area contributed by atoms with Gasteiger partial charge < -0.3 is 9.80 Å². The van der Waals surface area contributed by atoms with Gasteiger partial charge in [-0.15, -0.1) is 0 Å². The average molecular weight is 1070 g/mol. The predicted molar refractivity (Wildman–Crippen MR) is 350 cm³/mol. The normalized spacial score (nSPS) is 22.9. The molecule has 82 heavy (non-hydrogen) atoms. The molecule has 1 saturated carbocycles. The molecule has 0 saturated heterocycles. The highest BCUT2D eigenvalue weighted by atomic mass is 15.2. The van der Waals surface area contributed by atoms with Crippen LogP contribution >= 0.6 is 0 Å². The van der Waals surface area contributed by atoms with Gasteiger partial charge >= 0.3 is 0 Å². The smallest absolute Gasteiger partial charge is 0.252 e. The molecule has 3 unspecified atom stereocenters. The van der Waals surface area contributed by atoms with Gasteiger partial charge in [-0.3, -0.25) is 0 Å². The molecule has 0 bridgehead atoms. The molecule has 7 aliphatic rings. The van der Waals surface area contributed by atoms with E-state index in [1.54, 1.807) is 11.1 Å². The zero-order valence-corrected chi connectivity index (χ0v) is 52.0. The molecule has 2 aliphatic heterocycles. The maximum atomic E-state index is 2.75. The lowest BCUT2D eigenvalue weighted by atomic mass is 9.33. The third-order valence-corrected chi connectivity index (χ3v) is 23.3. The zero-order chi connectivity index (χ0) is 57.2. The van der Waals surface area contributed by atoms with Crippen molar-refractivity contribution in [3.63, 3.8) is 0 Å². The van der Waals surface area contributed by atoms with Crippen LogP contribution in [0.15, 0.2) is 140 Å². The van der Waals surface area contributed by atoms with Crippen LogP contribution in [0.1, 0.15) is 212 Å². The first-order valence-electron chi connectivity index (χ1n) is 31.5. The molecule has 0 amide bonds. The lowest BCUT2D eigenvalue weighted by Crippen LogP contribution is -2.62. The van der Waals surface area contributed by atoms with E-state index in [-0.39, 0.29) is 44.6 Å². The Bertz CT molecular complexity index is 4080. The second-order valence-corrected chi connectivity index (χ2v) is 30.9. The van der Waals surface area contributed by atoms with Gasteiger partial charge in [-0.25, -0.2) is 0 Å². The molecule has 414 valence electrons. The van der Waals surface area contributed by atoms with Crippen molar-refractivity contribution in [2.75, 3.05) is 9.80 Å². The first kappa shape index (κ1) is 52.2. The zero-order valence-electron chi connectivity index (χ0n) is 52.0. The summed E-state index contributed by atoms with van der Waals surface area (Å²) in [6.07, 6.45) is 9.54. The highest BCUT2D eigenvalue weighted by Gasteiger charge is 2.58. The highest BCUT2D eigenvalue weighted by Crippen LogP contribution is 2.67. The van der Waals surface area contributed by atoms with Gasteiger partial charge in [0.05, 0.1) is 0 Å². The Balaban J connectivity index is 0.963. The van der Waals surface area contributed by atoms with Gasteiger partial charge in [-0.2, -0.15) is 0 Å². The van der Waals surface area contributed by atoms with Crippen LogP contribution in [0.5, 0.6) is 0 Å². The molecule has 1 fully saturated rings. The fourth-order valence-electron chi connectivity index (χ4n) is 18.9. The standard InChI is InChI=1S/C79H85BN2/c1-47-36-70-72-71(37-47)82(67-44-62-61(38-48(67)2)74(6,7)46-75(62,8)9)69-45-64-63(76(10,11)58-24-18-19-25-59(58)77(64,12)13)43-66(69)80(72)65-33-27-49(39-68(65)81(70)53-30-28-51-40-50-22-16-17-23-54(50)56(51)42-53)26-32-57-55-31-29-52(73(3,4)5)41-60(55)79(15)35-21-20-34-78(57,79)14/h16-19,22-25,27-31,33,36-39,41-45,57H,20-21,26,32,34-35,40,46H2,1-15H3. The third-order valence-electron chi connectivity index (χ3n) is 23.3. The summed E-state index contributed by atoms with van der Waals surface area (Å²) in [5.74, 6) is 0.510. The molecule has 3 heteroatoms. The molecule has 2 heterocycles. The van der Waals surface area contributed by atoms with Crippen LogP contribution in [-0.4, -0.2) is 6.71 Å². The summed E-state index contributed by atoms with van der Waals surface area (Å²) < 4.78 is 0. The van der Waals surface area contributed by atoms with Gasteiger partial charge in [0.25, 0.3) is 6.71 Å². The Labute approximate surface area is 491 Å². The van der Waals surface area contributed by atoms with Crippen molar-refractivity contribution in [3.05, 3.63) is 217 Å². The maximum absolute atomic E-state index is 2.75. The second kappa shape index (κ2) is 17.0. The number of nitrogens with zero attached hydrogens (tertiary/aromatic N) is 2. The van der Waals surface area contributed by atoms with Crippen LogP contribution in [-0.2, 0) is 45.3 Å². The van der Waals surface area contributed by atoms with Crippen LogP contribution < -0.4 is 26.2 Å². The summed E-state index contributed by atoms with van der Waals surface area (Å²) in [4.78, 5) is 5.46. The minimum atomic E-state index is -0.206.